The summed E-state index contributed by atoms with van der Waals surface area (Å²) in [6, 6.07) is 15.4. The Morgan fingerprint density at radius 3 is 2.43 bits per heavy atom. The van der Waals surface area contributed by atoms with E-state index in [1.807, 2.05) is 38.2 Å². The van der Waals surface area contributed by atoms with Crippen molar-refractivity contribution in [2.75, 3.05) is 24.5 Å². The van der Waals surface area contributed by atoms with Gasteiger partial charge in [-0.15, -0.1) is 0 Å². The van der Waals surface area contributed by atoms with Gasteiger partial charge in [-0.05, 0) is 119 Å². The van der Waals surface area contributed by atoms with E-state index < -0.39 is 17.9 Å². The van der Waals surface area contributed by atoms with Crippen LogP contribution in [-0.2, 0) is 9.59 Å². The summed E-state index contributed by atoms with van der Waals surface area (Å²) in [5.74, 6) is 0.775. The fourth-order valence-electron chi connectivity index (χ4n) is 8.66. The number of carbonyl (C=O) groups is 3. The van der Waals surface area contributed by atoms with Gasteiger partial charge in [-0.25, -0.2) is 4.90 Å². The summed E-state index contributed by atoms with van der Waals surface area (Å²) in [7, 11) is 0. The van der Waals surface area contributed by atoms with E-state index in [2.05, 4.69) is 21.7 Å². The lowest BCUT2D eigenvalue weighted by atomic mass is 9.84. The Hall–Kier alpha value is -4.97. The highest BCUT2D eigenvalue weighted by Gasteiger charge is 2.39. The lowest BCUT2D eigenvalue weighted by molar-refractivity contribution is -0.134. The third-order valence-corrected chi connectivity index (χ3v) is 11.6. The van der Waals surface area contributed by atoms with Crippen molar-refractivity contribution in [2.24, 2.45) is 11.7 Å². The summed E-state index contributed by atoms with van der Waals surface area (Å²) in [6.07, 6.45) is 11.8. The quantitative estimate of drug-likeness (QED) is 0.182. The van der Waals surface area contributed by atoms with Gasteiger partial charge in [0.05, 0.1) is 23.2 Å². The van der Waals surface area contributed by atoms with Crippen molar-refractivity contribution in [1.82, 2.24) is 19.2 Å². The molecule has 2 aliphatic carbocycles. The van der Waals surface area contributed by atoms with Gasteiger partial charge in [-0.1, -0.05) is 12.1 Å². The van der Waals surface area contributed by atoms with Crippen LogP contribution in [0.1, 0.15) is 112 Å². The molecule has 4 fully saturated rings. The molecule has 8 rings (SSSR count). The Labute approximate surface area is 315 Å². The van der Waals surface area contributed by atoms with Crippen LogP contribution < -0.4 is 25.7 Å². The fraction of sp³-hybridized carbons (Fsp3) is 0.500. The molecule has 2 aromatic heterocycles. The number of anilines is 1. The fourth-order valence-corrected chi connectivity index (χ4v) is 8.66. The van der Waals surface area contributed by atoms with E-state index in [0.29, 0.717) is 34.9 Å². The van der Waals surface area contributed by atoms with Crippen LogP contribution >= 0.6 is 0 Å². The van der Waals surface area contributed by atoms with Crippen LogP contribution in [0.2, 0.25) is 0 Å². The van der Waals surface area contributed by atoms with Gasteiger partial charge in [0.15, 0.2) is 6.10 Å². The lowest BCUT2D eigenvalue weighted by Crippen LogP contribution is -2.52. The van der Waals surface area contributed by atoms with Gasteiger partial charge in [0, 0.05) is 55.8 Å². The molecule has 0 spiro atoms. The van der Waals surface area contributed by atoms with Gasteiger partial charge in [0.25, 0.3) is 17.4 Å². The molecule has 3 amide bonds. The predicted molar refractivity (Wildman–Crippen MR) is 205 cm³/mol. The number of imide groups is 1. The summed E-state index contributed by atoms with van der Waals surface area (Å²) in [5.41, 5.74) is 7.92. The number of nitrogens with two attached hydrogens (primary N) is 1. The summed E-state index contributed by atoms with van der Waals surface area (Å²) in [6.45, 7) is 7.06. The molecule has 2 aromatic carbocycles. The molecule has 4 heterocycles. The van der Waals surface area contributed by atoms with Gasteiger partial charge in [-0.2, -0.15) is 5.10 Å². The maximum absolute atomic E-state index is 13.5. The van der Waals surface area contributed by atoms with Crippen molar-refractivity contribution in [3.05, 3.63) is 82.4 Å². The van der Waals surface area contributed by atoms with Gasteiger partial charge in [0.2, 0.25) is 5.91 Å². The van der Waals surface area contributed by atoms with Crippen LogP contribution in [0.5, 0.6) is 11.5 Å². The van der Waals surface area contributed by atoms with E-state index in [4.69, 9.17) is 20.3 Å². The second-order valence-electron chi connectivity index (χ2n) is 15.9. The smallest absolute Gasteiger partial charge is 0.275 e. The second-order valence-corrected chi connectivity index (χ2v) is 15.9. The number of carbonyl (C=O) groups excluding carboxylic acids is 3. The van der Waals surface area contributed by atoms with Gasteiger partial charge >= 0.3 is 0 Å². The predicted octanol–water partition coefficient (Wildman–Crippen LogP) is 6.13. The number of hydrogen-bond acceptors (Lipinski definition) is 8. The first-order valence-electron chi connectivity index (χ1n) is 19.7. The number of nitrogens with zero attached hydrogens (tertiary/aromatic N) is 5. The minimum absolute atomic E-state index is 0.0776. The van der Waals surface area contributed by atoms with Crippen molar-refractivity contribution < 1.29 is 23.9 Å². The zero-order chi connectivity index (χ0) is 37.5. The molecule has 284 valence electrons. The number of likely N-dealkylation sites (tertiary alicyclic amines) is 1. The number of amides is 3. The van der Waals surface area contributed by atoms with Crippen molar-refractivity contribution >= 4 is 34.3 Å². The molecular formula is C42H50N6O6. The molecule has 2 N–H and O–H groups in total. The molecular weight excluding hydrogens is 684 g/mol. The molecule has 12 heteroatoms. The first-order chi connectivity index (χ1) is 26.1. The first kappa shape index (κ1) is 36.0. The summed E-state index contributed by atoms with van der Waals surface area (Å²) in [5, 5.41) is 5.78. The monoisotopic (exact) mass is 734 g/mol. The van der Waals surface area contributed by atoms with Crippen molar-refractivity contribution in [1.29, 1.82) is 0 Å². The van der Waals surface area contributed by atoms with Gasteiger partial charge in [-0.3, -0.25) is 23.9 Å². The molecule has 12 nitrogen and oxygen atoms in total. The highest BCUT2D eigenvalue weighted by molar-refractivity contribution is 6.18. The highest BCUT2D eigenvalue weighted by atomic mass is 16.5. The number of primary amides is 1. The van der Waals surface area contributed by atoms with Crippen molar-refractivity contribution in [2.45, 2.75) is 108 Å². The third-order valence-electron chi connectivity index (χ3n) is 11.6. The van der Waals surface area contributed by atoms with E-state index in [0.717, 1.165) is 86.8 Å². The Kier molecular flexibility index (Phi) is 10.0. The van der Waals surface area contributed by atoms with Crippen LogP contribution in [-0.4, -0.2) is 68.8 Å². The van der Waals surface area contributed by atoms with E-state index >= 15 is 0 Å². The molecule has 4 aromatic rings. The van der Waals surface area contributed by atoms with Crippen LogP contribution in [0.4, 0.5) is 5.69 Å². The van der Waals surface area contributed by atoms with Crippen LogP contribution in [0.3, 0.4) is 0 Å². The number of aromatic nitrogens is 3. The molecule has 2 saturated heterocycles. The summed E-state index contributed by atoms with van der Waals surface area (Å²) >= 11 is 0. The molecule has 2 aliphatic heterocycles. The highest BCUT2D eigenvalue weighted by Crippen LogP contribution is 2.37. The lowest BCUT2D eigenvalue weighted by Gasteiger charge is -2.37. The summed E-state index contributed by atoms with van der Waals surface area (Å²) < 4.78 is 15.7. The normalized spacial score (nSPS) is 23.9. The number of fused-ring (bicyclic) bond motifs is 1. The third kappa shape index (κ3) is 7.53. The average Bonchev–Trinajstić information content (AvgIpc) is 3.92. The van der Waals surface area contributed by atoms with E-state index in [9.17, 15) is 19.2 Å². The van der Waals surface area contributed by atoms with E-state index in [-0.39, 0.29) is 42.1 Å². The van der Waals surface area contributed by atoms with E-state index in [1.165, 1.54) is 5.56 Å². The number of benzene rings is 2. The number of pyridine rings is 1. The second kappa shape index (κ2) is 15.0. The Morgan fingerprint density at radius 1 is 0.944 bits per heavy atom. The largest absolute Gasteiger partial charge is 0.490 e. The average molecular weight is 735 g/mol. The molecule has 0 radical (unpaired) electrons. The number of hydrogen-bond donors (Lipinski definition) is 1. The van der Waals surface area contributed by atoms with Crippen LogP contribution in [0.25, 0.3) is 10.9 Å². The zero-order valence-electron chi connectivity index (χ0n) is 31.2. The van der Waals surface area contributed by atoms with Crippen LogP contribution in [0, 0.1) is 5.92 Å². The Morgan fingerprint density at radius 2 is 1.70 bits per heavy atom. The standard InChI is InChI=1S/C42H50N6O6/c1-26(2)53-38-22-35-30(21-34(38)40(43)50)25-47(44-35)32-11-7-27(8-12-32)23-45-19-3-5-29(24-45)28-9-15-33(16-10-28)54-37-17-18-39(49)48(42(37)52)36-6-4-20-46(41(36)51)31-13-14-31/h4,6,9-10,15-16,20-22,25-27,29,31-32,37H,3,5,7-8,11-14,17-19,23-24H2,1-2H3,(H2,43,50)/t27?,29-,32?,37+/m0/s1. The van der Waals surface area contributed by atoms with Gasteiger partial charge in [0.1, 0.15) is 17.2 Å². The molecule has 0 bridgehead atoms. The molecule has 2 saturated carbocycles. The van der Waals surface area contributed by atoms with Crippen molar-refractivity contribution in [3.8, 4) is 11.5 Å². The number of piperidine rings is 2. The minimum Gasteiger partial charge on any atom is -0.490 e. The molecule has 0 unspecified atom stereocenters. The topological polar surface area (TPSA) is 142 Å². The summed E-state index contributed by atoms with van der Waals surface area (Å²) in [4.78, 5) is 55.3. The number of ether oxygens (including phenoxy) is 2. The van der Waals surface area contributed by atoms with E-state index in [1.54, 1.807) is 29.0 Å². The maximum Gasteiger partial charge on any atom is 0.275 e. The van der Waals surface area contributed by atoms with Gasteiger partial charge < -0.3 is 24.7 Å². The SMILES string of the molecule is CC(C)Oc1cc2nn(C3CCC(CN4CCC[C@H](c5ccc(O[C@@H]6CCC(=O)N(c7cccn(C8CC8)c7=O)C6=O)cc5)C4)CC3)cc2cc1C(N)=O. The molecule has 2 atom stereocenters. The molecule has 4 aliphatic rings. The first-order valence-corrected chi connectivity index (χ1v) is 19.7. The Balaban J connectivity index is 0.848. The minimum atomic E-state index is -0.831. The maximum atomic E-state index is 13.5. The van der Waals surface area contributed by atoms with Crippen LogP contribution in [0.15, 0.2) is 65.7 Å². The molecule has 54 heavy (non-hydrogen) atoms. The Bertz CT molecular complexity index is 2090. The van der Waals surface area contributed by atoms with Crippen molar-refractivity contribution in [3.63, 3.8) is 0 Å². The number of rotatable bonds is 11. The zero-order valence-corrected chi connectivity index (χ0v) is 31.2.